The maximum atomic E-state index is 6.00. The monoisotopic (exact) mass is 280 g/mol. The molecule has 0 saturated heterocycles. The molecule has 1 aliphatic carbocycles. The number of hydrogen-bond donors (Lipinski definition) is 1. The van der Waals surface area contributed by atoms with Crippen molar-refractivity contribution in [2.24, 2.45) is 13.0 Å². The molecule has 1 aromatic heterocycles. The van der Waals surface area contributed by atoms with Crippen molar-refractivity contribution in [2.75, 3.05) is 13.7 Å². The fraction of sp³-hybridized carbons (Fsp3) is 0.867. The highest BCUT2D eigenvalue weighted by atomic mass is 16.5. The first kappa shape index (κ1) is 15.4. The van der Waals surface area contributed by atoms with Gasteiger partial charge in [-0.05, 0) is 38.1 Å². The normalized spacial score (nSPS) is 28.5. The molecule has 114 valence electrons. The van der Waals surface area contributed by atoms with E-state index in [1.807, 2.05) is 20.4 Å². The molecule has 5 nitrogen and oxygen atoms in total. The Bertz CT molecular complexity index is 410. The fourth-order valence-corrected chi connectivity index (χ4v) is 3.33. The molecule has 1 atom stereocenters. The molecule has 1 heterocycles. The van der Waals surface area contributed by atoms with E-state index in [1.54, 1.807) is 4.68 Å². The van der Waals surface area contributed by atoms with Crippen molar-refractivity contribution in [3.8, 4) is 0 Å². The highest BCUT2D eigenvalue weighted by Crippen LogP contribution is 2.37. The summed E-state index contributed by atoms with van der Waals surface area (Å²) in [6.07, 6.45) is 7.63. The average molecular weight is 280 g/mol. The second-order valence-corrected chi connectivity index (χ2v) is 6.15. The summed E-state index contributed by atoms with van der Waals surface area (Å²) >= 11 is 0. The highest BCUT2D eigenvalue weighted by molar-refractivity contribution is 5.04. The number of rotatable bonds is 6. The van der Waals surface area contributed by atoms with Gasteiger partial charge < -0.3 is 10.1 Å². The molecular formula is C15H28N4O. The summed E-state index contributed by atoms with van der Waals surface area (Å²) in [6, 6.07) is 0.307. The lowest BCUT2D eigenvalue weighted by molar-refractivity contribution is -0.0744. The number of aromatic nitrogens is 3. The number of aryl methyl sites for hydroxylation is 1. The minimum absolute atomic E-state index is 0.0555. The van der Waals surface area contributed by atoms with Crippen LogP contribution in [0.2, 0.25) is 0 Å². The SMILES string of the molecule is CCNC(Cc1cn(C)nn1)C1(OC)CCC(C)CC1. The summed E-state index contributed by atoms with van der Waals surface area (Å²) in [5.74, 6) is 0.817. The molecule has 1 aromatic rings. The molecule has 1 saturated carbocycles. The first-order chi connectivity index (χ1) is 9.59. The van der Waals surface area contributed by atoms with Gasteiger partial charge in [-0.1, -0.05) is 19.1 Å². The second-order valence-electron chi connectivity index (χ2n) is 6.15. The minimum atomic E-state index is -0.0555. The Morgan fingerprint density at radius 1 is 1.50 bits per heavy atom. The fourth-order valence-electron chi connectivity index (χ4n) is 3.33. The van der Waals surface area contributed by atoms with Gasteiger partial charge in [0.15, 0.2) is 0 Å². The third kappa shape index (κ3) is 3.38. The lowest BCUT2D eigenvalue weighted by Crippen LogP contribution is -2.55. The van der Waals surface area contributed by atoms with Crippen LogP contribution >= 0.6 is 0 Å². The Kier molecular flexibility index (Phi) is 5.16. The van der Waals surface area contributed by atoms with E-state index in [9.17, 15) is 0 Å². The molecule has 1 unspecified atom stereocenters. The third-order valence-corrected chi connectivity index (χ3v) is 4.68. The summed E-state index contributed by atoms with van der Waals surface area (Å²) in [6.45, 7) is 5.44. The van der Waals surface area contributed by atoms with Crippen LogP contribution in [-0.2, 0) is 18.2 Å². The molecular weight excluding hydrogens is 252 g/mol. The average Bonchev–Trinajstić information content (AvgIpc) is 2.85. The maximum absolute atomic E-state index is 6.00. The number of nitrogens with zero attached hydrogens (tertiary/aromatic N) is 3. The minimum Gasteiger partial charge on any atom is -0.377 e. The predicted molar refractivity (Wildman–Crippen MR) is 79.5 cm³/mol. The Hall–Kier alpha value is -0.940. The van der Waals surface area contributed by atoms with Gasteiger partial charge in [0.1, 0.15) is 0 Å². The lowest BCUT2D eigenvalue weighted by atomic mass is 9.74. The van der Waals surface area contributed by atoms with Crippen LogP contribution in [0.1, 0.15) is 45.2 Å². The van der Waals surface area contributed by atoms with Gasteiger partial charge in [0.05, 0.1) is 11.3 Å². The van der Waals surface area contributed by atoms with Gasteiger partial charge in [-0.2, -0.15) is 0 Å². The van der Waals surface area contributed by atoms with Crippen LogP contribution in [0.3, 0.4) is 0 Å². The van der Waals surface area contributed by atoms with Crippen LogP contribution in [0, 0.1) is 5.92 Å². The summed E-state index contributed by atoms with van der Waals surface area (Å²) < 4.78 is 7.77. The van der Waals surface area contributed by atoms with E-state index >= 15 is 0 Å². The first-order valence-electron chi connectivity index (χ1n) is 7.73. The van der Waals surface area contributed by atoms with Crippen molar-refractivity contribution < 1.29 is 4.74 Å². The molecule has 2 rings (SSSR count). The van der Waals surface area contributed by atoms with E-state index in [-0.39, 0.29) is 5.60 Å². The van der Waals surface area contributed by atoms with Gasteiger partial charge in [0.2, 0.25) is 0 Å². The summed E-state index contributed by atoms with van der Waals surface area (Å²) in [4.78, 5) is 0. The van der Waals surface area contributed by atoms with E-state index < -0.39 is 0 Å². The zero-order valence-electron chi connectivity index (χ0n) is 13.2. The van der Waals surface area contributed by atoms with Crippen molar-refractivity contribution in [1.82, 2.24) is 20.3 Å². The van der Waals surface area contributed by atoms with Gasteiger partial charge in [-0.3, -0.25) is 4.68 Å². The topological polar surface area (TPSA) is 52.0 Å². The largest absolute Gasteiger partial charge is 0.377 e. The Morgan fingerprint density at radius 3 is 2.70 bits per heavy atom. The highest BCUT2D eigenvalue weighted by Gasteiger charge is 2.41. The molecule has 0 aliphatic heterocycles. The van der Waals surface area contributed by atoms with Crippen molar-refractivity contribution in [3.05, 3.63) is 11.9 Å². The Balaban J connectivity index is 2.12. The van der Waals surface area contributed by atoms with E-state index in [4.69, 9.17) is 4.74 Å². The second kappa shape index (κ2) is 6.68. The summed E-state index contributed by atoms with van der Waals surface area (Å²) in [5.41, 5.74) is 0.980. The van der Waals surface area contributed by atoms with Crippen LogP contribution in [0.5, 0.6) is 0 Å². The van der Waals surface area contributed by atoms with Gasteiger partial charge in [-0.25, -0.2) is 0 Å². The first-order valence-corrected chi connectivity index (χ1v) is 7.73. The van der Waals surface area contributed by atoms with Crippen LogP contribution < -0.4 is 5.32 Å². The van der Waals surface area contributed by atoms with Gasteiger partial charge in [0, 0.05) is 32.8 Å². The molecule has 1 aliphatic rings. The third-order valence-electron chi connectivity index (χ3n) is 4.68. The van der Waals surface area contributed by atoms with E-state index in [2.05, 4.69) is 29.5 Å². The van der Waals surface area contributed by atoms with Crippen molar-refractivity contribution in [3.63, 3.8) is 0 Å². The predicted octanol–water partition coefficient (Wildman–Crippen LogP) is 1.93. The molecule has 0 amide bonds. The standard InChI is InChI=1S/C15H28N4O/c1-5-16-14(10-13-11-19(3)18-17-13)15(20-4)8-6-12(2)7-9-15/h11-12,14,16H,5-10H2,1-4H3. The van der Waals surface area contributed by atoms with Crippen molar-refractivity contribution in [1.29, 1.82) is 0 Å². The summed E-state index contributed by atoms with van der Waals surface area (Å²) in [7, 11) is 3.77. The van der Waals surface area contributed by atoms with E-state index in [0.29, 0.717) is 6.04 Å². The van der Waals surface area contributed by atoms with Crippen LogP contribution in [0.15, 0.2) is 6.20 Å². The number of likely N-dealkylation sites (N-methyl/N-ethyl adjacent to an activating group) is 1. The van der Waals surface area contributed by atoms with Crippen molar-refractivity contribution >= 4 is 0 Å². The Labute approximate surface area is 122 Å². The smallest absolute Gasteiger partial charge is 0.0843 e. The Morgan fingerprint density at radius 2 is 2.20 bits per heavy atom. The zero-order valence-corrected chi connectivity index (χ0v) is 13.2. The van der Waals surface area contributed by atoms with E-state index in [1.165, 1.54) is 12.8 Å². The van der Waals surface area contributed by atoms with E-state index in [0.717, 1.165) is 37.4 Å². The quantitative estimate of drug-likeness (QED) is 0.865. The molecule has 1 fully saturated rings. The lowest BCUT2D eigenvalue weighted by Gasteiger charge is -2.44. The molecule has 1 N–H and O–H groups in total. The zero-order chi connectivity index (χ0) is 14.6. The van der Waals surface area contributed by atoms with Gasteiger partial charge >= 0.3 is 0 Å². The number of hydrogen-bond acceptors (Lipinski definition) is 4. The molecule has 0 aromatic carbocycles. The van der Waals surface area contributed by atoms with Gasteiger partial charge in [0.25, 0.3) is 0 Å². The molecule has 5 heteroatoms. The molecule has 20 heavy (non-hydrogen) atoms. The summed E-state index contributed by atoms with van der Waals surface area (Å²) in [5, 5.41) is 11.9. The number of ether oxygens (including phenoxy) is 1. The van der Waals surface area contributed by atoms with Gasteiger partial charge in [-0.15, -0.1) is 5.10 Å². The molecule has 0 bridgehead atoms. The molecule has 0 radical (unpaired) electrons. The van der Waals surface area contributed by atoms with Crippen molar-refractivity contribution in [2.45, 2.75) is 57.6 Å². The van der Waals surface area contributed by atoms with Crippen LogP contribution in [-0.4, -0.2) is 40.3 Å². The van der Waals surface area contributed by atoms with Crippen LogP contribution in [0.25, 0.3) is 0 Å². The maximum Gasteiger partial charge on any atom is 0.0843 e. The number of methoxy groups -OCH3 is 1. The number of nitrogens with one attached hydrogen (secondary N) is 1. The van der Waals surface area contributed by atoms with Crippen LogP contribution in [0.4, 0.5) is 0 Å². The molecule has 0 spiro atoms.